The van der Waals surface area contributed by atoms with Gasteiger partial charge >= 0.3 is 21.3 Å². The first-order chi connectivity index (χ1) is 14.1. The van der Waals surface area contributed by atoms with E-state index in [1.54, 1.807) is 0 Å². The summed E-state index contributed by atoms with van der Waals surface area (Å²) in [6.45, 7) is -0.456. The smallest absolute Gasteiger partial charge is 0.374 e. The topological polar surface area (TPSA) is 196 Å². The summed E-state index contributed by atoms with van der Waals surface area (Å²) in [5, 5.41) is 0. The molecule has 2 heterocycles. The van der Waals surface area contributed by atoms with Crippen molar-refractivity contribution in [1.82, 2.24) is 9.55 Å². The number of H-pyrrole nitrogens is 1. The van der Waals surface area contributed by atoms with E-state index in [0.29, 0.717) is 0 Å². The molecule has 29 heavy (non-hydrogen) atoms. The maximum absolute atomic E-state index is 12.3. The molecule has 0 aliphatic carbocycles. The molecule has 1 saturated heterocycles. The summed E-state index contributed by atoms with van der Waals surface area (Å²) in [6.07, 6.45) is -6.80. The number of nitrogens with one attached hydrogen (secondary N) is 1. The van der Waals surface area contributed by atoms with Gasteiger partial charge in [0.2, 0.25) is 0 Å². The lowest BCUT2D eigenvalue weighted by Gasteiger charge is -2.25. The number of hydrogen-bond donors (Lipinski definition) is 4. The van der Waals surface area contributed by atoms with Crippen LogP contribution in [0.3, 0.4) is 0 Å². The first-order valence-corrected chi connectivity index (χ1v) is 11.0. The van der Waals surface area contributed by atoms with Crippen molar-refractivity contribution in [2.24, 2.45) is 0 Å². The molecular formula is C13H22N2O12P2. The summed E-state index contributed by atoms with van der Waals surface area (Å²) in [5.74, 6) is 0. The Hall–Kier alpha value is -1.18. The lowest BCUT2D eigenvalue weighted by molar-refractivity contribution is -0.0620. The van der Waals surface area contributed by atoms with Crippen molar-refractivity contribution in [3.8, 4) is 0 Å². The van der Waals surface area contributed by atoms with Crippen LogP contribution in [0.5, 0.6) is 0 Å². The third-order valence-electron chi connectivity index (χ3n) is 3.47. The predicted molar refractivity (Wildman–Crippen MR) is 94.9 cm³/mol. The molecule has 1 fully saturated rings. The van der Waals surface area contributed by atoms with Crippen molar-refractivity contribution in [1.29, 1.82) is 0 Å². The Kier molecular flexibility index (Phi) is 6.76. The van der Waals surface area contributed by atoms with Gasteiger partial charge < -0.3 is 24.2 Å². The quantitative estimate of drug-likeness (QED) is 0.343. The number of aromatic nitrogens is 2. The van der Waals surface area contributed by atoms with E-state index < -0.39 is 64.1 Å². The Labute approximate surface area is 167 Å². The van der Waals surface area contributed by atoms with Crippen molar-refractivity contribution in [2.75, 3.05) is 13.7 Å². The van der Waals surface area contributed by atoms with Crippen molar-refractivity contribution in [2.45, 2.75) is 44.5 Å². The van der Waals surface area contributed by atoms with Crippen molar-refractivity contribution in [3.05, 3.63) is 33.1 Å². The molecule has 0 amide bonds. The summed E-state index contributed by atoms with van der Waals surface area (Å²) >= 11 is 0. The van der Waals surface area contributed by atoms with Crippen LogP contribution < -0.4 is 11.2 Å². The lowest BCUT2D eigenvalue weighted by atomic mass is 10.1. The van der Waals surface area contributed by atoms with E-state index in [1.165, 1.54) is 13.8 Å². The second-order valence-corrected chi connectivity index (χ2v) is 8.58. The van der Waals surface area contributed by atoms with Crippen molar-refractivity contribution in [3.63, 3.8) is 0 Å². The van der Waals surface area contributed by atoms with Gasteiger partial charge in [-0.1, -0.05) is 0 Å². The molecule has 0 bridgehead atoms. The second kappa shape index (κ2) is 9.31. The van der Waals surface area contributed by atoms with Gasteiger partial charge in [-0.2, -0.15) is 0 Å². The molecule has 16 heteroatoms. The van der Waals surface area contributed by atoms with Crippen LogP contribution in [0.1, 0.15) is 22.8 Å². The van der Waals surface area contributed by atoms with E-state index in [9.17, 15) is 23.6 Å². The number of phosphoric acid groups is 2. The number of phosphoric ester groups is 2. The van der Waals surface area contributed by atoms with Gasteiger partial charge in [-0.25, -0.2) is 13.9 Å². The third-order valence-corrected chi connectivity index (χ3v) is 5.01. The van der Waals surface area contributed by atoms with E-state index in [4.69, 9.17) is 31.0 Å². The average molecular weight is 462 g/mol. The molecule has 4 N–H and O–H groups in total. The van der Waals surface area contributed by atoms with Crippen LogP contribution in [0.4, 0.5) is 0 Å². The monoisotopic (exact) mass is 462 g/mol. The maximum atomic E-state index is 12.3. The van der Waals surface area contributed by atoms with Gasteiger partial charge in [-0.05, 0) is 13.8 Å². The molecule has 0 radical (unpaired) electrons. The molecule has 1 aliphatic heterocycles. The Balaban J connectivity index is 2.53. The second-order valence-electron chi connectivity index (χ2n) is 6.06. The Morgan fingerprint density at radius 3 is 2.48 bits per heavy atom. The van der Waals surface area contributed by atoms with Gasteiger partial charge in [0.15, 0.2) is 6.23 Å². The summed E-state index contributed by atoms with van der Waals surface area (Å²) in [5.41, 5.74) is -1.75. The minimum atomic E-state index is -5.41. The number of methoxy groups -OCH3 is 1. The minimum absolute atomic E-state index is 0.747. The molecule has 2 rings (SSSR count). The highest BCUT2D eigenvalue weighted by Crippen LogP contribution is 2.50. The Bertz CT molecular complexity index is 991. The van der Waals surface area contributed by atoms with E-state index >= 15 is 0 Å². The highest BCUT2D eigenvalue weighted by molar-refractivity contribution is 7.47. The largest absolute Gasteiger partial charge is 0.472 e. The first-order valence-electron chi connectivity index (χ1n) is 9.02. The molecule has 0 saturated carbocycles. The predicted octanol–water partition coefficient (Wildman–Crippen LogP) is -0.531. The number of hydrogen-bond acceptors (Lipinski definition) is 9. The zero-order chi connectivity index (χ0) is 23.8. The van der Waals surface area contributed by atoms with Crippen LogP contribution >= 0.6 is 15.6 Å². The van der Waals surface area contributed by atoms with Crippen LogP contribution in [0, 0.1) is 0 Å². The SMILES string of the molecule is [2H]C([2H])(OP(=O)(O)O)[C@H]1O[C@@H](n2ccc(=O)[nH]c2=O)C(OC)[C@H]1OP(=O)(O)OC(C)C. The van der Waals surface area contributed by atoms with E-state index in [-0.39, 0.29) is 0 Å². The number of rotatable bonds is 9. The molecule has 1 aliphatic rings. The molecular weight excluding hydrogens is 438 g/mol. The molecule has 1 aromatic rings. The van der Waals surface area contributed by atoms with E-state index in [0.717, 1.165) is 23.9 Å². The highest BCUT2D eigenvalue weighted by atomic mass is 31.2. The normalized spacial score (nSPS) is 28.8. The molecule has 166 valence electrons. The molecule has 5 atom stereocenters. The van der Waals surface area contributed by atoms with Crippen LogP contribution in [-0.4, -0.2) is 62.3 Å². The zero-order valence-electron chi connectivity index (χ0n) is 17.4. The summed E-state index contributed by atoms with van der Waals surface area (Å²) < 4.78 is 64.6. The maximum Gasteiger partial charge on any atom is 0.472 e. The zero-order valence-corrected chi connectivity index (χ0v) is 17.2. The van der Waals surface area contributed by atoms with Gasteiger partial charge in [-0.3, -0.25) is 27.9 Å². The van der Waals surface area contributed by atoms with Crippen molar-refractivity contribution < 1.29 is 49.6 Å². The first kappa shape index (κ1) is 21.1. The molecule has 0 aromatic carbocycles. The van der Waals surface area contributed by atoms with Gasteiger partial charge in [0.1, 0.15) is 18.3 Å². The third kappa shape index (κ3) is 6.66. The molecule has 0 spiro atoms. The molecule has 2 unspecified atom stereocenters. The highest BCUT2D eigenvalue weighted by Gasteiger charge is 2.51. The summed E-state index contributed by atoms with van der Waals surface area (Å²) in [4.78, 5) is 53.5. The van der Waals surface area contributed by atoms with Gasteiger partial charge in [0, 0.05) is 19.4 Å². The van der Waals surface area contributed by atoms with Gasteiger partial charge in [0.05, 0.1) is 15.4 Å². The van der Waals surface area contributed by atoms with Crippen LogP contribution in [0.2, 0.25) is 0 Å². The number of nitrogens with zero attached hydrogens (tertiary/aromatic N) is 1. The van der Waals surface area contributed by atoms with Crippen LogP contribution in [0.25, 0.3) is 0 Å². The van der Waals surface area contributed by atoms with E-state index in [1.807, 2.05) is 4.98 Å². The average Bonchev–Trinajstić information content (AvgIpc) is 2.89. The molecule has 1 aromatic heterocycles. The van der Waals surface area contributed by atoms with Crippen molar-refractivity contribution >= 4 is 15.6 Å². The van der Waals surface area contributed by atoms with Gasteiger partial charge in [-0.15, -0.1) is 0 Å². The number of aromatic amines is 1. The van der Waals surface area contributed by atoms with E-state index in [2.05, 4.69) is 4.52 Å². The minimum Gasteiger partial charge on any atom is -0.374 e. The Morgan fingerprint density at radius 1 is 1.31 bits per heavy atom. The number of ether oxygens (including phenoxy) is 2. The lowest BCUT2D eigenvalue weighted by Crippen LogP contribution is -2.40. The fraction of sp³-hybridized carbons (Fsp3) is 0.692. The standard InChI is InChI=1S/C13H22N2O12P2/c1-7(2)26-29(21,22)27-10-8(6-24-28(18,19)20)25-12(11(10)23-3)15-5-4-9(16)14-13(15)17/h4-5,7-8,10-12H,6H2,1-3H3,(H,21,22)(H,14,16,17)(H2,18,19,20)/t8-,10+,11?,12-/m1/s1/i6D2. The van der Waals surface area contributed by atoms with Gasteiger partial charge in [0.25, 0.3) is 5.56 Å². The summed E-state index contributed by atoms with van der Waals surface area (Å²) in [6, 6.07) is 0.945. The molecule has 14 nitrogen and oxygen atoms in total. The van der Waals surface area contributed by atoms with Crippen LogP contribution in [-0.2, 0) is 32.2 Å². The summed E-state index contributed by atoms with van der Waals surface area (Å²) in [7, 11) is -9.19. The Morgan fingerprint density at radius 2 is 1.97 bits per heavy atom. The van der Waals surface area contributed by atoms with Crippen LogP contribution in [0.15, 0.2) is 21.9 Å². The fourth-order valence-electron chi connectivity index (χ4n) is 2.52. The fourth-order valence-corrected chi connectivity index (χ4v) is 3.88.